The topological polar surface area (TPSA) is 62.2 Å². The van der Waals surface area contributed by atoms with Gasteiger partial charge in [0.05, 0.1) is 5.56 Å². The van der Waals surface area contributed by atoms with Crippen LogP contribution >= 0.6 is 11.6 Å². The van der Waals surface area contributed by atoms with Gasteiger partial charge in [-0.2, -0.15) is 13.2 Å². The van der Waals surface area contributed by atoms with Crippen LogP contribution in [0.25, 0.3) is 0 Å². The number of hydrogen-bond donors (Lipinski definition) is 2. The lowest BCUT2D eigenvalue weighted by Crippen LogP contribution is -2.07. The molecular weight excluding hydrogens is 309 g/mol. The van der Waals surface area contributed by atoms with Gasteiger partial charge in [-0.25, -0.2) is 9.78 Å². The highest BCUT2D eigenvalue weighted by Gasteiger charge is 2.31. The van der Waals surface area contributed by atoms with Gasteiger partial charge in [-0.15, -0.1) is 0 Å². The number of carboxylic acid groups (broad SMARTS) is 1. The lowest BCUT2D eigenvalue weighted by Gasteiger charge is -2.12. The Morgan fingerprint density at radius 1 is 1.29 bits per heavy atom. The van der Waals surface area contributed by atoms with Crippen molar-refractivity contribution >= 4 is 29.1 Å². The first-order valence-corrected chi connectivity index (χ1v) is 5.98. The van der Waals surface area contributed by atoms with Gasteiger partial charge < -0.3 is 10.4 Å². The molecule has 0 aliphatic rings. The predicted molar refractivity (Wildman–Crippen MR) is 70.9 cm³/mol. The Bertz CT molecular complexity index is 689. The summed E-state index contributed by atoms with van der Waals surface area (Å²) in [6, 6.07) is 5.55. The summed E-state index contributed by atoms with van der Waals surface area (Å²) in [6.07, 6.45) is -3.23. The van der Waals surface area contributed by atoms with E-state index in [9.17, 15) is 18.0 Å². The number of aromatic nitrogens is 1. The Labute approximate surface area is 122 Å². The zero-order chi connectivity index (χ0) is 15.6. The molecule has 0 aliphatic heterocycles. The van der Waals surface area contributed by atoms with E-state index < -0.39 is 17.7 Å². The molecule has 0 aliphatic carbocycles. The van der Waals surface area contributed by atoms with Gasteiger partial charge in [-0.05, 0) is 30.3 Å². The second-order valence-electron chi connectivity index (χ2n) is 4.06. The van der Waals surface area contributed by atoms with Crippen LogP contribution in [0.1, 0.15) is 15.9 Å². The third-order valence-corrected chi connectivity index (χ3v) is 2.74. The normalized spacial score (nSPS) is 11.2. The van der Waals surface area contributed by atoms with Crippen LogP contribution in [-0.2, 0) is 6.18 Å². The maximum atomic E-state index is 12.7. The summed E-state index contributed by atoms with van der Waals surface area (Å²) in [4.78, 5) is 14.8. The Hall–Kier alpha value is -2.28. The second-order valence-corrected chi connectivity index (χ2v) is 4.49. The van der Waals surface area contributed by atoms with Crippen molar-refractivity contribution in [2.75, 3.05) is 5.32 Å². The number of aromatic carboxylic acids is 1. The van der Waals surface area contributed by atoms with Crippen molar-refractivity contribution in [3.8, 4) is 0 Å². The predicted octanol–water partition coefficient (Wildman–Crippen LogP) is 4.20. The second kappa shape index (κ2) is 5.61. The molecule has 1 heterocycles. The average molecular weight is 317 g/mol. The van der Waals surface area contributed by atoms with Crippen molar-refractivity contribution in [1.82, 2.24) is 4.98 Å². The van der Waals surface area contributed by atoms with E-state index in [1.807, 2.05) is 0 Å². The lowest BCUT2D eigenvalue weighted by molar-refractivity contribution is -0.137. The molecule has 1 aromatic heterocycles. The summed E-state index contributed by atoms with van der Waals surface area (Å²) in [5, 5.41) is 11.4. The maximum absolute atomic E-state index is 12.7. The molecule has 0 unspecified atom stereocenters. The number of carboxylic acids is 1. The lowest BCUT2D eigenvalue weighted by atomic mass is 10.2. The molecule has 0 spiro atoms. The summed E-state index contributed by atoms with van der Waals surface area (Å²) in [5.74, 6) is -1.32. The van der Waals surface area contributed by atoms with Crippen molar-refractivity contribution < 1.29 is 23.1 Å². The van der Waals surface area contributed by atoms with E-state index in [4.69, 9.17) is 16.7 Å². The Kier molecular flexibility index (Phi) is 4.04. The minimum atomic E-state index is -4.55. The van der Waals surface area contributed by atoms with E-state index in [0.29, 0.717) is 0 Å². The number of pyridine rings is 1. The molecule has 0 saturated carbocycles. The van der Waals surface area contributed by atoms with Gasteiger partial charge in [0.2, 0.25) is 0 Å². The van der Waals surface area contributed by atoms with E-state index in [0.717, 1.165) is 12.1 Å². The third kappa shape index (κ3) is 3.63. The fraction of sp³-hybridized carbons (Fsp3) is 0.0769. The Morgan fingerprint density at radius 2 is 2.00 bits per heavy atom. The smallest absolute Gasteiger partial charge is 0.416 e. The number of halogens is 4. The summed E-state index contributed by atoms with van der Waals surface area (Å²) in [7, 11) is 0. The van der Waals surface area contributed by atoms with Crippen molar-refractivity contribution in [1.29, 1.82) is 0 Å². The zero-order valence-corrected chi connectivity index (χ0v) is 11.0. The molecule has 21 heavy (non-hydrogen) atoms. The number of hydrogen-bond acceptors (Lipinski definition) is 3. The Morgan fingerprint density at radius 3 is 2.62 bits per heavy atom. The van der Waals surface area contributed by atoms with E-state index in [-0.39, 0.29) is 22.1 Å². The summed E-state index contributed by atoms with van der Waals surface area (Å²) < 4.78 is 38.1. The van der Waals surface area contributed by atoms with E-state index >= 15 is 0 Å². The average Bonchev–Trinajstić information content (AvgIpc) is 2.37. The van der Waals surface area contributed by atoms with Gasteiger partial charge >= 0.3 is 12.1 Å². The van der Waals surface area contributed by atoms with Gasteiger partial charge in [0.1, 0.15) is 11.4 Å². The van der Waals surface area contributed by atoms with Gasteiger partial charge in [0.15, 0.2) is 0 Å². The highest BCUT2D eigenvalue weighted by molar-refractivity contribution is 6.31. The molecule has 110 valence electrons. The minimum Gasteiger partial charge on any atom is -0.478 e. The van der Waals surface area contributed by atoms with Crippen molar-refractivity contribution in [3.63, 3.8) is 0 Å². The fourth-order valence-electron chi connectivity index (χ4n) is 1.64. The first-order chi connectivity index (χ1) is 9.77. The Balaban J connectivity index is 2.41. The van der Waals surface area contributed by atoms with Crippen LogP contribution in [0.5, 0.6) is 0 Å². The zero-order valence-electron chi connectivity index (χ0n) is 10.3. The standard InChI is InChI=1S/C13H8ClF3N2O2/c14-8-4-7(13(15,16)17)5-9(6-8)19-11-10(12(20)21)2-1-3-18-11/h1-6H,(H,18,19)(H,20,21). The molecular formula is C13H8ClF3N2O2. The maximum Gasteiger partial charge on any atom is 0.416 e. The van der Waals surface area contributed by atoms with Crippen molar-refractivity contribution in [2.45, 2.75) is 6.18 Å². The van der Waals surface area contributed by atoms with Crippen LogP contribution in [0.2, 0.25) is 5.02 Å². The number of benzene rings is 1. The summed E-state index contributed by atoms with van der Waals surface area (Å²) in [6.45, 7) is 0. The van der Waals surface area contributed by atoms with Crippen LogP contribution in [0.3, 0.4) is 0 Å². The molecule has 0 bridgehead atoms. The molecule has 0 fully saturated rings. The number of rotatable bonds is 3. The highest BCUT2D eigenvalue weighted by atomic mass is 35.5. The molecule has 0 saturated heterocycles. The number of anilines is 2. The number of nitrogens with one attached hydrogen (secondary N) is 1. The third-order valence-electron chi connectivity index (χ3n) is 2.53. The quantitative estimate of drug-likeness (QED) is 0.891. The summed E-state index contributed by atoms with van der Waals surface area (Å²) >= 11 is 5.65. The summed E-state index contributed by atoms with van der Waals surface area (Å²) in [5.41, 5.74) is -1.10. The van der Waals surface area contributed by atoms with Gasteiger partial charge in [-0.3, -0.25) is 0 Å². The number of nitrogens with zero attached hydrogens (tertiary/aromatic N) is 1. The van der Waals surface area contributed by atoms with Crippen LogP contribution in [0, 0.1) is 0 Å². The SMILES string of the molecule is O=C(O)c1cccnc1Nc1cc(Cl)cc(C(F)(F)F)c1. The fourth-order valence-corrected chi connectivity index (χ4v) is 1.87. The largest absolute Gasteiger partial charge is 0.478 e. The van der Waals surface area contributed by atoms with Gasteiger partial charge in [0.25, 0.3) is 0 Å². The molecule has 1 aromatic carbocycles. The van der Waals surface area contributed by atoms with Crippen molar-refractivity contribution in [2.24, 2.45) is 0 Å². The molecule has 2 N–H and O–H groups in total. The molecule has 4 nitrogen and oxygen atoms in total. The van der Waals surface area contributed by atoms with E-state index in [2.05, 4.69) is 10.3 Å². The van der Waals surface area contributed by atoms with Crippen LogP contribution in [0.4, 0.5) is 24.7 Å². The van der Waals surface area contributed by atoms with Crippen LogP contribution < -0.4 is 5.32 Å². The van der Waals surface area contributed by atoms with Crippen molar-refractivity contribution in [3.05, 3.63) is 52.7 Å². The molecule has 8 heteroatoms. The number of alkyl halides is 3. The van der Waals surface area contributed by atoms with Crippen LogP contribution in [0.15, 0.2) is 36.5 Å². The van der Waals surface area contributed by atoms with Gasteiger partial charge in [0, 0.05) is 16.9 Å². The number of carbonyl (C=O) groups is 1. The molecule has 0 amide bonds. The highest BCUT2D eigenvalue weighted by Crippen LogP contribution is 2.34. The minimum absolute atomic E-state index is 0.00368. The molecule has 0 atom stereocenters. The van der Waals surface area contributed by atoms with E-state index in [1.165, 1.54) is 24.4 Å². The first kappa shape index (κ1) is 15.1. The monoisotopic (exact) mass is 316 g/mol. The molecule has 2 rings (SSSR count). The molecule has 0 radical (unpaired) electrons. The first-order valence-electron chi connectivity index (χ1n) is 5.60. The van der Waals surface area contributed by atoms with E-state index in [1.54, 1.807) is 0 Å². The molecule has 2 aromatic rings. The van der Waals surface area contributed by atoms with Crippen LogP contribution in [-0.4, -0.2) is 16.1 Å². The van der Waals surface area contributed by atoms with Gasteiger partial charge in [-0.1, -0.05) is 11.6 Å².